The van der Waals surface area contributed by atoms with Crippen molar-refractivity contribution in [3.8, 4) is 0 Å². The Morgan fingerprint density at radius 2 is 2.18 bits per heavy atom. The van der Waals surface area contributed by atoms with Gasteiger partial charge in [0, 0.05) is 37.7 Å². The summed E-state index contributed by atoms with van der Waals surface area (Å²) in [6.45, 7) is 4.21. The molecule has 0 aromatic carbocycles. The molecular formula is C12H22N4S. The maximum Gasteiger partial charge on any atom is 0.224 e. The standard InChI is InChI=1S/C12H22N4S/c1-6-10(8-17-5)16(4)11-7-9(2)14-12(13-3)15-11/h7,10H,6,8H2,1-5H3,(H,13,14,15). The van der Waals surface area contributed by atoms with Crippen LogP contribution in [0.4, 0.5) is 11.8 Å². The molecule has 5 heteroatoms. The minimum Gasteiger partial charge on any atom is -0.357 e. The molecule has 1 aromatic heterocycles. The van der Waals surface area contributed by atoms with Gasteiger partial charge < -0.3 is 10.2 Å². The molecule has 1 rings (SSSR count). The Balaban J connectivity index is 2.93. The zero-order valence-corrected chi connectivity index (χ0v) is 12.1. The van der Waals surface area contributed by atoms with Gasteiger partial charge in [0.25, 0.3) is 0 Å². The lowest BCUT2D eigenvalue weighted by atomic mass is 10.2. The molecule has 1 heterocycles. The van der Waals surface area contributed by atoms with Crippen molar-refractivity contribution >= 4 is 23.5 Å². The molecule has 17 heavy (non-hydrogen) atoms. The molecule has 0 aliphatic heterocycles. The lowest BCUT2D eigenvalue weighted by molar-refractivity contribution is 0.665. The Kier molecular flexibility index (Phi) is 5.55. The van der Waals surface area contributed by atoms with Gasteiger partial charge in [-0.1, -0.05) is 6.92 Å². The third-order valence-corrected chi connectivity index (χ3v) is 3.52. The summed E-state index contributed by atoms with van der Waals surface area (Å²) in [5.74, 6) is 2.79. The average molecular weight is 254 g/mol. The highest BCUT2D eigenvalue weighted by Crippen LogP contribution is 2.18. The topological polar surface area (TPSA) is 41.1 Å². The fourth-order valence-corrected chi connectivity index (χ4v) is 2.57. The Hall–Kier alpha value is -0.970. The van der Waals surface area contributed by atoms with Crippen molar-refractivity contribution in [2.24, 2.45) is 0 Å². The Labute approximate surface area is 108 Å². The van der Waals surface area contributed by atoms with Crippen LogP contribution in [0.2, 0.25) is 0 Å². The van der Waals surface area contributed by atoms with Crippen molar-refractivity contribution in [2.75, 3.05) is 36.3 Å². The number of rotatable bonds is 6. The highest BCUT2D eigenvalue weighted by molar-refractivity contribution is 7.98. The summed E-state index contributed by atoms with van der Waals surface area (Å²) in [4.78, 5) is 11.1. The molecule has 1 aromatic rings. The highest BCUT2D eigenvalue weighted by Gasteiger charge is 2.15. The van der Waals surface area contributed by atoms with Crippen LogP contribution in [0.25, 0.3) is 0 Å². The number of nitrogens with zero attached hydrogens (tertiary/aromatic N) is 3. The molecule has 0 aliphatic carbocycles. The molecule has 0 saturated carbocycles. The monoisotopic (exact) mass is 254 g/mol. The third-order valence-electron chi connectivity index (χ3n) is 2.80. The lowest BCUT2D eigenvalue weighted by Gasteiger charge is -2.28. The second-order valence-electron chi connectivity index (χ2n) is 4.07. The number of hydrogen-bond donors (Lipinski definition) is 1. The van der Waals surface area contributed by atoms with E-state index in [1.807, 2.05) is 31.8 Å². The van der Waals surface area contributed by atoms with Crippen LogP contribution < -0.4 is 10.2 Å². The average Bonchev–Trinajstić information content (AvgIpc) is 2.34. The van der Waals surface area contributed by atoms with Crippen LogP contribution >= 0.6 is 11.8 Å². The number of hydrogen-bond acceptors (Lipinski definition) is 5. The molecular weight excluding hydrogens is 232 g/mol. The molecule has 1 atom stereocenters. The summed E-state index contributed by atoms with van der Waals surface area (Å²) < 4.78 is 0. The maximum atomic E-state index is 4.50. The fraction of sp³-hybridized carbons (Fsp3) is 0.667. The van der Waals surface area contributed by atoms with Crippen LogP contribution in [0.5, 0.6) is 0 Å². The lowest BCUT2D eigenvalue weighted by Crippen LogP contribution is -2.34. The van der Waals surface area contributed by atoms with Crippen LogP contribution in [-0.4, -0.2) is 42.1 Å². The number of nitrogens with one attached hydrogen (secondary N) is 1. The van der Waals surface area contributed by atoms with Gasteiger partial charge in [0.2, 0.25) is 5.95 Å². The van der Waals surface area contributed by atoms with E-state index in [1.165, 1.54) is 0 Å². The maximum absolute atomic E-state index is 4.50. The summed E-state index contributed by atoms with van der Waals surface area (Å²) in [6.07, 6.45) is 3.26. The smallest absolute Gasteiger partial charge is 0.224 e. The van der Waals surface area contributed by atoms with Gasteiger partial charge in [0.05, 0.1) is 0 Å². The Morgan fingerprint density at radius 1 is 1.47 bits per heavy atom. The quantitative estimate of drug-likeness (QED) is 0.844. The van der Waals surface area contributed by atoms with E-state index in [0.29, 0.717) is 12.0 Å². The normalized spacial score (nSPS) is 12.3. The van der Waals surface area contributed by atoms with Crippen molar-refractivity contribution in [1.82, 2.24) is 9.97 Å². The summed E-state index contributed by atoms with van der Waals surface area (Å²) >= 11 is 1.87. The van der Waals surface area contributed by atoms with Gasteiger partial charge >= 0.3 is 0 Å². The van der Waals surface area contributed by atoms with E-state index >= 15 is 0 Å². The van der Waals surface area contributed by atoms with E-state index < -0.39 is 0 Å². The molecule has 0 spiro atoms. The summed E-state index contributed by atoms with van der Waals surface area (Å²) in [5, 5.41) is 3.00. The minimum absolute atomic E-state index is 0.518. The van der Waals surface area contributed by atoms with Gasteiger partial charge in [-0.15, -0.1) is 0 Å². The largest absolute Gasteiger partial charge is 0.357 e. The van der Waals surface area contributed by atoms with E-state index in [9.17, 15) is 0 Å². The van der Waals surface area contributed by atoms with E-state index in [0.717, 1.165) is 23.7 Å². The van der Waals surface area contributed by atoms with Crippen LogP contribution in [0.3, 0.4) is 0 Å². The van der Waals surface area contributed by atoms with Gasteiger partial charge in [-0.05, 0) is 19.6 Å². The van der Waals surface area contributed by atoms with Crippen LogP contribution in [0, 0.1) is 6.92 Å². The minimum atomic E-state index is 0.518. The molecule has 0 saturated heterocycles. The molecule has 1 N–H and O–H groups in total. The first-order chi connectivity index (χ1) is 8.12. The molecule has 0 bridgehead atoms. The van der Waals surface area contributed by atoms with Crippen molar-refractivity contribution in [3.63, 3.8) is 0 Å². The van der Waals surface area contributed by atoms with E-state index in [4.69, 9.17) is 0 Å². The van der Waals surface area contributed by atoms with Crippen LogP contribution in [0.15, 0.2) is 6.07 Å². The summed E-state index contributed by atoms with van der Waals surface area (Å²) in [7, 11) is 3.95. The summed E-state index contributed by atoms with van der Waals surface area (Å²) in [6, 6.07) is 2.55. The molecule has 0 aliphatic rings. The second kappa shape index (κ2) is 6.69. The molecule has 0 radical (unpaired) electrons. The number of anilines is 2. The molecule has 96 valence electrons. The number of aryl methyl sites for hydroxylation is 1. The van der Waals surface area contributed by atoms with Gasteiger partial charge in [0.1, 0.15) is 5.82 Å². The third kappa shape index (κ3) is 3.77. The first-order valence-corrected chi connectivity index (χ1v) is 7.27. The van der Waals surface area contributed by atoms with E-state index in [2.05, 4.69) is 40.4 Å². The highest BCUT2D eigenvalue weighted by atomic mass is 32.2. The fourth-order valence-electron chi connectivity index (χ4n) is 1.73. The van der Waals surface area contributed by atoms with Gasteiger partial charge in [0.15, 0.2) is 0 Å². The first-order valence-electron chi connectivity index (χ1n) is 5.87. The number of aromatic nitrogens is 2. The van der Waals surface area contributed by atoms with Gasteiger partial charge in [-0.25, -0.2) is 4.98 Å². The van der Waals surface area contributed by atoms with Gasteiger partial charge in [-0.3, -0.25) is 0 Å². The molecule has 4 nitrogen and oxygen atoms in total. The van der Waals surface area contributed by atoms with E-state index in [1.54, 1.807) is 0 Å². The molecule has 0 amide bonds. The molecule has 0 fully saturated rings. The van der Waals surface area contributed by atoms with Crippen LogP contribution in [-0.2, 0) is 0 Å². The first kappa shape index (κ1) is 14.1. The van der Waals surface area contributed by atoms with Crippen molar-refractivity contribution in [1.29, 1.82) is 0 Å². The zero-order valence-electron chi connectivity index (χ0n) is 11.3. The molecule has 1 unspecified atom stereocenters. The predicted octanol–water partition coefficient (Wildman–Crippen LogP) is 2.40. The Morgan fingerprint density at radius 3 is 2.71 bits per heavy atom. The zero-order chi connectivity index (χ0) is 12.8. The SMILES string of the molecule is CCC(CSC)N(C)c1cc(C)nc(NC)n1. The van der Waals surface area contributed by atoms with Gasteiger partial charge in [-0.2, -0.15) is 16.7 Å². The second-order valence-corrected chi connectivity index (χ2v) is 4.98. The van der Waals surface area contributed by atoms with E-state index in [-0.39, 0.29) is 0 Å². The predicted molar refractivity (Wildman–Crippen MR) is 77.2 cm³/mol. The van der Waals surface area contributed by atoms with Crippen LogP contribution in [0.1, 0.15) is 19.0 Å². The summed E-state index contributed by atoms with van der Waals surface area (Å²) in [5.41, 5.74) is 0.991. The number of thioether (sulfide) groups is 1. The van der Waals surface area contributed by atoms with Crippen molar-refractivity contribution < 1.29 is 0 Å². The van der Waals surface area contributed by atoms with Crippen molar-refractivity contribution in [3.05, 3.63) is 11.8 Å². The Bertz CT molecular complexity index is 356. The van der Waals surface area contributed by atoms with Crippen molar-refractivity contribution in [2.45, 2.75) is 26.3 Å².